The SMILES string of the molecule is Cc1ccnc(SCC(=O)N(C)C2CCSCC2)n1. The van der Waals surface area contributed by atoms with Gasteiger partial charge in [-0.15, -0.1) is 0 Å². The van der Waals surface area contributed by atoms with Crippen LogP contribution >= 0.6 is 23.5 Å². The van der Waals surface area contributed by atoms with Crippen LogP contribution in [-0.2, 0) is 4.79 Å². The van der Waals surface area contributed by atoms with Crippen molar-refractivity contribution in [3.63, 3.8) is 0 Å². The molecule has 2 heterocycles. The van der Waals surface area contributed by atoms with Crippen molar-refractivity contribution in [3.8, 4) is 0 Å². The lowest BCUT2D eigenvalue weighted by Crippen LogP contribution is -2.40. The lowest BCUT2D eigenvalue weighted by molar-refractivity contribution is -0.129. The molecule has 1 amide bonds. The van der Waals surface area contributed by atoms with Crippen molar-refractivity contribution in [1.29, 1.82) is 0 Å². The van der Waals surface area contributed by atoms with Gasteiger partial charge in [-0.3, -0.25) is 4.79 Å². The van der Waals surface area contributed by atoms with E-state index in [0.29, 0.717) is 17.0 Å². The molecule has 0 radical (unpaired) electrons. The largest absolute Gasteiger partial charge is 0.342 e. The van der Waals surface area contributed by atoms with Gasteiger partial charge in [-0.1, -0.05) is 11.8 Å². The van der Waals surface area contributed by atoms with Crippen LogP contribution < -0.4 is 0 Å². The van der Waals surface area contributed by atoms with Crippen molar-refractivity contribution in [2.45, 2.75) is 31.0 Å². The molecule has 0 spiro atoms. The van der Waals surface area contributed by atoms with Crippen LogP contribution in [0.1, 0.15) is 18.5 Å². The number of aromatic nitrogens is 2. The zero-order valence-corrected chi connectivity index (χ0v) is 13.0. The molecule has 0 atom stereocenters. The summed E-state index contributed by atoms with van der Waals surface area (Å²) >= 11 is 3.39. The average Bonchev–Trinajstić information content (AvgIpc) is 2.45. The average molecular weight is 297 g/mol. The Hall–Kier alpha value is -0.750. The number of hydrogen-bond donors (Lipinski definition) is 0. The minimum absolute atomic E-state index is 0.173. The van der Waals surface area contributed by atoms with Gasteiger partial charge in [-0.25, -0.2) is 9.97 Å². The lowest BCUT2D eigenvalue weighted by Gasteiger charge is -2.30. The Kier molecular flexibility index (Phi) is 5.51. The first kappa shape index (κ1) is 14.7. The molecule has 1 aromatic heterocycles. The third kappa shape index (κ3) is 4.38. The van der Waals surface area contributed by atoms with E-state index in [2.05, 4.69) is 9.97 Å². The molecule has 1 aliphatic rings. The Morgan fingerprint density at radius 3 is 2.95 bits per heavy atom. The highest BCUT2D eigenvalue weighted by molar-refractivity contribution is 7.99. The van der Waals surface area contributed by atoms with Gasteiger partial charge in [0.1, 0.15) is 0 Å². The molecule has 1 aromatic rings. The highest BCUT2D eigenvalue weighted by atomic mass is 32.2. The Bertz CT molecular complexity index is 436. The second kappa shape index (κ2) is 7.14. The summed E-state index contributed by atoms with van der Waals surface area (Å²) in [5.41, 5.74) is 0.933. The molecular formula is C13H19N3OS2. The third-order valence-corrected chi connectivity index (χ3v) is 5.12. The first-order chi connectivity index (χ1) is 9.16. The van der Waals surface area contributed by atoms with Crippen LogP contribution in [-0.4, -0.2) is 51.1 Å². The molecule has 0 saturated carbocycles. The number of thioether (sulfide) groups is 2. The molecule has 1 fully saturated rings. The lowest BCUT2D eigenvalue weighted by atomic mass is 10.1. The second-order valence-electron chi connectivity index (χ2n) is 4.62. The van der Waals surface area contributed by atoms with Crippen LogP contribution in [0.2, 0.25) is 0 Å². The van der Waals surface area contributed by atoms with Crippen LogP contribution in [0.3, 0.4) is 0 Å². The molecule has 104 valence electrons. The number of rotatable bonds is 4. The first-order valence-electron chi connectivity index (χ1n) is 6.42. The van der Waals surface area contributed by atoms with E-state index in [1.54, 1.807) is 6.20 Å². The van der Waals surface area contributed by atoms with Gasteiger partial charge < -0.3 is 4.90 Å². The number of carbonyl (C=O) groups is 1. The maximum Gasteiger partial charge on any atom is 0.233 e. The van der Waals surface area contributed by atoms with Crippen molar-refractivity contribution in [2.75, 3.05) is 24.3 Å². The van der Waals surface area contributed by atoms with Crippen LogP contribution in [0.25, 0.3) is 0 Å². The van der Waals surface area contributed by atoms with Crippen LogP contribution in [0.15, 0.2) is 17.4 Å². The topological polar surface area (TPSA) is 46.1 Å². The molecule has 0 aromatic carbocycles. The normalized spacial score (nSPS) is 16.3. The minimum atomic E-state index is 0.173. The number of carbonyl (C=O) groups excluding carboxylic acids is 1. The quantitative estimate of drug-likeness (QED) is 0.630. The Labute approximate surface area is 122 Å². The van der Waals surface area contributed by atoms with E-state index in [1.807, 2.05) is 36.7 Å². The fourth-order valence-corrected chi connectivity index (χ4v) is 3.88. The molecule has 0 aliphatic carbocycles. The van der Waals surface area contributed by atoms with E-state index in [-0.39, 0.29) is 5.91 Å². The summed E-state index contributed by atoms with van der Waals surface area (Å²) in [6.45, 7) is 1.93. The molecular weight excluding hydrogens is 278 g/mol. The summed E-state index contributed by atoms with van der Waals surface area (Å²) in [6, 6.07) is 2.27. The minimum Gasteiger partial charge on any atom is -0.342 e. The number of aryl methyl sites for hydroxylation is 1. The summed E-state index contributed by atoms with van der Waals surface area (Å²) in [4.78, 5) is 22.5. The Morgan fingerprint density at radius 2 is 2.26 bits per heavy atom. The van der Waals surface area contributed by atoms with Crippen LogP contribution in [0.4, 0.5) is 0 Å². The Morgan fingerprint density at radius 1 is 1.53 bits per heavy atom. The van der Waals surface area contributed by atoms with Gasteiger partial charge in [0.25, 0.3) is 0 Å². The molecule has 1 aliphatic heterocycles. The van der Waals surface area contributed by atoms with Crippen molar-refractivity contribution < 1.29 is 4.79 Å². The van der Waals surface area contributed by atoms with Crippen LogP contribution in [0, 0.1) is 6.92 Å². The summed E-state index contributed by atoms with van der Waals surface area (Å²) in [7, 11) is 1.92. The fraction of sp³-hybridized carbons (Fsp3) is 0.615. The molecule has 2 rings (SSSR count). The molecule has 19 heavy (non-hydrogen) atoms. The zero-order valence-electron chi connectivity index (χ0n) is 11.3. The molecule has 0 unspecified atom stereocenters. The summed E-state index contributed by atoms with van der Waals surface area (Å²) in [6.07, 6.45) is 3.95. The van der Waals surface area contributed by atoms with E-state index < -0.39 is 0 Å². The number of nitrogens with zero attached hydrogens (tertiary/aromatic N) is 3. The molecule has 4 nitrogen and oxygen atoms in total. The van der Waals surface area contributed by atoms with Crippen LogP contribution in [0.5, 0.6) is 0 Å². The second-order valence-corrected chi connectivity index (χ2v) is 6.78. The summed E-state index contributed by atoms with van der Waals surface area (Å²) < 4.78 is 0. The number of hydrogen-bond acceptors (Lipinski definition) is 5. The Balaban J connectivity index is 1.83. The monoisotopic (exact) mass is 297 g/mol. The van der Waals surface area contributed by atoms with Crippen molar-refractivity contribution in [1.82, 2.24) is 14.9 Å². The van der Waals surface area contributed by atoms with Gasteiger partial charge in [0.15, 0.2) is 5.16 Å². The van der Waals surface area contributed by atoms with Gasteiger partial charge in [0, 0.05) is 25.0 Å². The van der Waals surface area contributed by atoms with Gasteiger partial charge in [0.2, 0.25) is 5.91 Å². The summed E-state index contributed by atoms with van der Waals surface area (Å²) in [5, 5.41) is 0.681. The highest BCUT2D eigenvalue weighted by Crippen LogP contribution is 2.22. The molecule has 0 N–H and O–H groups in total. The predicted octanol–water partition coefficient (Wildman–Crippen LogP) is 2.23. The smallest absolute Gasteiger partial charge is 0.233 e. The van der Waals surface area contributed by atoms with E-state index in [1.165, 1.54) is 11.8 Å². The standard InChI is InChI=1S/C13H19N3OS2/c1-10-3-6-14-13(15-10)19-9-12(17)16(2)11-4-7-18-8-5-11/h3,6,11H,4-5,7-9H2,1-2H3. The van der Waals surface area contributed by atoms with Crippen molar-refractivity contribution in [3.05, 3.63) is 18.0 Å². The number of amides is 1. The molecule has 1 saturated heterocycles. The highest BCUT2D eigenvalue weighted by Gasteiger charge is 2.22. The summed E-state index contributed by atoms with van der Waals surface area (Å²) in [5.74, 6) is 2.92. The van der Waals surface area contributed by atoms with E-state index in [9.17, 15) is 4.79 Å². The maximum atomic E-state index is 12.1. The third-order valence-electron chi connectivity index (χ3n) is 3.23. The molecule has 6 heteroatoms. The predicted molar refractivity (Wildman–Crippen MR) is 80.6 cm³/mol. The van der Waals surface area contributed by atoms with E-state index in [0.717, 1.165) is 30.0 Å². The van der Waals surface area contributed by atoms with Crippen molar-refractivity contribution >= 4 is 29.4 Å². The van der Waals surface area contributed by atoms with Gasteiger partial charge in [-0.05, 0) is 37.3 Å². The molecule has 0 bridgehead atoms. The first-order valence-corrected chi connectivity index (χ1v) is 8.56. The maximum absolute atomic E-state index is 12.1. The van der Waals surface area contributed by atoms with Gasteiger partial charge in [0.05, 0.1) is 5.75 Å². The fourth-order valence-electron chi connectivity index (χ4n) is 2.00. The van der Waals surface area contributed by atoms with E-state index in [4.69, 9.17) is 0 Å². The zero-order chi connectivity index (χ0) is 13.7. The van der Waals surface area contributed by atoms with E-state index >= 15 is 0 Å². The van der Waals surface area contributed by atoms with Gasteiger partial charge >= 0.3 is 0 Å². The van der Waals surface area contributed by atoms with Crippen molar-refractivity contribution in [2.24, 2.45) is 0 Å². The van der Waals surface area contributed by atoms with Gasteiger partial charge in [-0.2, -0.15) is 11.8 Å².